The molecular weight excluding hydrogens is 390 g/mol. The fraction of sp³-hybridized carbons (Fsp3) is 0.312. The minimum Gasteiger partial charge on any atom is -0.355 e. The van der Waals surface area contributed by atoms with Crippen LogP contribution in [0.2, 0.25) is 0 Å². The van der Waals surface area contributed by atoms with E-state index in [-0.39, 0.29) is 17.6 Å². The van der Waals surface area contributed by atoms with E-state index in [4.69, 9.17) is 5.26 Å². The molecule has 0 saturated heterocycles. The first-order valence-corrected chi connectivity index (χ1v) is 10.5. The molecule has 2 aromatic rings. The highest BCUT2D eigenvalue weighted by atomic mass is 32.2. The summed E-state index contributed by atoms with van der Waals surface area (Å²) in [4.78, 5) is 23.6. The monoisotopic (exact) mass is 407 g/mol. The maximum Gasteiger partial charge on any atom is 0.234 e. The third kappa shape index (κ3) is 7.03. The summed E-state index contributed by atoms with van der Waals surface area (Å²) in [5.74, 6) is 0.274. The van der Waals surface area contributed by atoms with Crippen LogP contribution < -0.4 is 10.6 Å². The molecule has 1 aromatic carbocycles. The number of carbonyl (C=O) groups excluding carboxylic acids is 2. The summed E-state index contributed by atoms with van der Waals surface area (Å²) in [5, 5.41) is 22.4. The Morgan fingerprint density at radius 2 is 1.88 bits per heavy atom. The molecule has 0 fully saturated rings. The van der Waals surface area contributed by atoms with Gasteiger partial charge in [-0.2, -0.15) is 5.26 Å². The molecule has 2 amide bonds. The Hall–Kier alpha value is -2.09. The summed E-state index contributed by atoms with van der Waals surface area (Å²) < 4.78 is 1.36. The van der Waals surface area contributed by atoms with E-state index in [1.165, 1.54) is 34.9 Å². The molecule has 0 unspecified atom stereocenters. The van der Waals surface area contributed by atoms with Crippen molar-refractivity contribution in [3.8, 4) is 6.07 Å². The Labute approximate surface area is 164 Å². The predicted molar refractivity (Wildman–Crippen MR) is 104 cm³/mol. The van der Waals surface area contributed by atoms with Crippen molar-refractivity contribution in [1.29, 1.82) is 5.26 Å². The average molecular weight is 408 g/mol. The zero-order valence-corrected chi connectivity index (χ0v) is 16.5. The lowest BCUT2D eigenvalue weighted by molar-refractivity contribution is -0.118. The Bertz CT molecular complexity index is 803. The molecule has 10 heteroatoms. The molecule has 0 bridgehead atoms. The molecule has 2 N–H and O–H groups in total. The zero-order valence-electron chi connectivity index (χ0n) is 14.0. The van der Waals surface area contributed by atoms with Crippen LogP contribution in [0.1, 0.15) is 18.9 Å². The van der Waals surface area contributed by atoms with E-state index in [1.54, 1.807) is 24.3 Å². The van der Waals surface area contributed by atoms with Gasteiger partial charge >= 0.3 is 0 Å². The van der Waals surface area contributed by atoms with Gasteiger partial charge in [-0.15, -0.1) is 10.2 Å². The second-order valence-corrected chi connectivity index (χ2v) is 8.42. The van der Waals surface area contributed by atoms with Gasteiger partial charge in [0.1, 0.15) is 0 Å². The van der Waals surface area contributed by atoms with Crippen molar-refractivity contribution in [1.82, 2.24) is 15.5 Å². The number of anilines is 1. The Morgan fingerprint density at radius 1 is 1.19 bits per heavy atom. The van der Waals surface area contributed by atoms with Gasteiger partial charge in [-0.25, -0.2) is 0 Å². The van der Waals surface area contributed by atoms with Crippen LogP contribution in [0.25, 0.3) is 0 Å². The van der Waals surface area contributed by atoms with E-state index in [2.05, 4.69) is 20.8 Å². The van der Waals surface area contributed by atoms with Crippen LogP contribution in [-0.4, -0.2) is 40.1 Å². The standard InChI is InChI=1S/C16H17N5O2S3/c1-2-6-18-13(22)9-24-15-20-21-16(26-15)25-10-14(23)19-12-5-3-4-11(7-12)8-17/h3-5,7H,2,6,9-10H2,1H3,(H,18,22)(H,19,23). The lowest BCUT2D eigenvalue weighted by Crippen LogP contribution is -2.25. The Balaban J connectivity index is 1.75. The topological polar surface area (TPSA) is 108 Å². The first-order chi connectivity index (χ1) is 12.6. The number of aromatic nitrogens is 2. The van der Waals surface area contributed by atoms with Gasteiger partial charge in [0, 0.05) is 12.2 Å². The lowest BCUT2D eigenvalue weighted by Gasteiger charge is -2.04. The molecule has 1 aromatic heterocycles. The van der Waals surface area contributed by atoms with Crippen molar-refractivity contribution in [2.24, 2.45) is 0 Å². The quantitative estimate of drug-likeness (QED) is 0.615. The fourth-order valence-electron chi connectivity index (χ4n) is 1.75. The lowest BCUT2D eigenvalue weighted by atomic mass is 10.2. The molecular formula is C16H17N5O2S3. The van der Waals surface area contributed by atoms with Crippen LogP contribution in [-0.2, 0) is 9.59 Å². The van der Waals surface area contributed by atoms with Crippen molar-refractivity contribution < 1.29 is 9.59 Å². The molecule has 0 atom stereocenters. The van der Waals surface area contributed by atoms with Crippen LogP contribution in [0.5, 0.6) is 0 Å². The molecule has 0 saturated carbocycles. The van der Waals surface area contributed by atoms with Crippen molar-refractivity contribution in [3.63, 3.8) is 0 Å². The molecule has 26 heavy (non-hydrogen) atoms. The third-order valence-electron chi connectivity index (χ3n) is 2.89. The number of rotatable bonds is 9. The number of hydrogen-bond acceptors (Lipinski definition) is 8. The summed E-state index contributed by atoms with van der Waals surface area (Å²) in [7, 11) is 0. The summed E-state index contributed by atoms with van der Waals surface area (Å²) in [6.07, 6.45) is 0.902. The number of nitrogens with zero attached hydrogens (tertiary/aromatic N) is 3. The maximum absolute atomic E-state index is 12.0. The van der Waals surface area contributed by atoms with E-state index in [1.807, 2.05) is 13.0 Å². The number of benzene rings is 1. The largest absolute Gasteiger partial charge is 0.355 e. The van der Waals surface area contributed by atoms with Gasteiger partial charge in [-0.3, -0.25) is 9.59 Å². The number of nitrogens with one attached hydrogen (secondary N) is 2. The van der Waals surface area contributed by atoms with E-state index in [0.29, 0.717) is 32.2 Å². The first-order valence-electron chi connectivity index (χ1n) is 7.76. The van der Waals surface area contributed by atoms with E-state index < -0.39 is 0 Å². The molecule has 0 aliphatic heterocycles. The summed E-state index contributed by atoms with van der Waals surface area (Å²) >= 11 is 3.96. The minimum absolute atomic E-state index is 0.0276. The number of thioether (sulfide) groups is 2. The van der Waals surface area contributed by atoms with Crippen LogP contribution >= 0.6 is 34.9 Å². The SMILES string of the molecule is CCCNC(=O)CSc1nnc(SCC(=O)Nc2cccc(C#N)c2)s1. The van der Waals surface area contributed by atoms with Crippen molar-refractivity contribution in [2.75, 3.05) is 23.4 Å². The van der Waals surface area contributed by atoms with E-state index in [0.717, 1.165) is 6.42 Å². The van der Waals surface area contributed by atoms with Crippen molar-refractivity contribution in [2.45, 2.75) is 22.0 Å². The number of hydrogen-bond donors (Lipinski definition) is 2. The van der Waals surface area contributed by atoms with Gasteiger partial charge in [-0.1, -0.05) is 47.9 Å². The molecule has 1 heterocycles. The van der Waals surface area contributed by atoms with Crippen LogP contribution in [0.3, 0.4) is 0 Å². The molecule has 2 rings (SSSR count). The van der Waals surface area contributed by atoms with Gasteiger partial charge in [0.25, 0.3) is 0 Å². The summed E-state index contributed by atoms with van der Waals surface area (Å²) in [6.45, 7) is 2.67. The molecule has 0 radical (unpaired) electrons. The smallest absolute Gasteiger partial charge is 0.234 e. The molecule has 0 aliphatic carbocycles. The predicted octanol–water partition coefficient (Wildman–Crippen LogP) is 2.76. The maximum atomic E-state index is 12.0. The highest BCUT2D eigenvalue weighted by Crippen LogP contribution is 2.28. The van der Waals surface area contributed by atoms with Crippen molar-refractivity contribution in [3.05, 3.63) is 29.8 Å². The van der Waals surface area contributed by atoms with Gasteiger partial charge in [-0.05, 0) is 24.6 Å². The van der Waals surface area contributed by atoms with Gasteiger partial charge in [0.2, 0.25) is 11.8 Å². The minimum atomic E-state index is -0.187. The second kappa shape index (κ2) is 10.8. The van der Waals surface area contributed by atoms with Gasteiger partial charge in [0.05, 0.1) is 23.1 Å². The first kappa shape index (κ1) is 20.2. The number of nitriles is 1. The average Bonchev–Trinajstić information content (AvgIpc) is 3.11. The molecule has 136 valence electrons. The van der Waals surface area contributed by atoms with Crippen molar-refractivity contribution >= 4 is 52.4 Å². The number of amides is 2. The highest BCUT2D eigenvalue weighted by molar-refractivity contribution is 8.03. The normalized spacial score (nSPS) is 10.2. The second-order valence-electron chi connectivity index (χ2n) is 5.00. The van der Waals surface area contributed by atoms with E-state index in [9.17, 15) is 9.59 Å². The fourth-order valence-corrected chi connectivity index (χ4v) is 4.40. The zero-order chi connectivity index (χ0) is 18.8. The van der Waals surface area contributed by atoms with Gasteiger partial charge < -0.3 is 10.6 Å². The van der Waals surface area contributed by atoms with Crippen LogP contribution in [0.4, 0.5) is 5.69 Å². The number of carbonyl (C=O) groups is 2. The Morgan fingerprint density at radius 3 is 2.54 bits per heavy atom. The van der Waals surface area contributed by atoms with Crippen LogP contribution in [0, 0.1) is 11.3 Å². The van der Waals surface area contributed by atoms with Crippen LogP contribution in [0.15, 0.2) is 32.9 Å². The highest BCUT2D eigenvalue weighted by Gasteiger charge is 2.10. The van der Waals surface area contributed by atoms with Gasteiger partial charge in [0.15, 0.2) is 8.68 Å². The summed E-state index contributed by atoms with van der Waals surface area (Å²) in [6, 6.07) is 8.76. The Kier molecular flexibility index (Phi) is 8.40. The molecule has 0 aliphatic rings. The van der Waals surface area contributed by atoms with E-state index >= 15 is 0 Å². The molecule has 7 nitrogen and oxygen atoms in total. The third-order valence-corrected chi connectivity index (χ3v) is 6.08. The molecule has 0 spiro atoms. The summed E-state index contributed by atoms with van der Waals surface area (Å²) in [5.41, 5.74) is 1.07.